The van der Waals surface area contributed by atoms with Crippen LogP contribution in [0.5, 0.6) is 5.75 Å². The number of hydrogen-bond acceptors (Lipinski definition) is 4. The number of anilines is 2. The van der Waals surface area contributed by atoms with Gasteiger partial charge >= 0.3 is 0 Å². The number of nitrogens with zero attached hydrogens (tertiary/aromatic N) is 1. The van der Waals surface area contributed by atoms with E-state index < -0.39 is 0 Å². The maximum Gasteiger partial charge on any atom is 0.162 e. The lowest BCUT2D eigenvalue weighted by Gasteiger charge is -2.30. The minimum Gasteiger partial charge on any atom is -0.504 e. The highest BCUT2D eigenvalue weighted by atomic mass is 16.3. The van der Waals surface area contributed by atoms with Gasteiger partial charge in [0.2, 0.25) is 0 Å². The average molecular weight is 193 g/mol. The van der Waals surface area contributed by atoms with Crippen molar-refractivity contribution in [2.75, 3.05) is 36.8 Å². The van der Waals surface area contributed by atoms with Gasteiger partial charge < -0.3 is 21.1 Å². The van der Waals surface area contributed by atoms with Crippen LogP contribution in [0.15, 0.2) is 18.2 Å². The van der Waals surface area contributed by atoms with Gasteiger partial charge in [0, 0.05) is 26.2 Å². The number of nitrogen functional groups attached to an aromatic ring is 1. The maximum absolute atomic E-state index is 9.76. The Kier molecular flexibility index (Phi) is 2.45. The Labute approximate surface area is 83.3 Å². The van der Waals surface area contributed by atoms with Crippen molar-refractivity contribution in [1.29, 1.82) is 0 Å². The van der Waals surface area contributed by atoms with Crippen molar-refractivity contribution >= 4 is 11.4 Å². The van der Waals surface area contributed by atoms with Crippen molar-refractivity contribution in [2.24, 2.45) is 0 Å². The SMILES string of the molecule is Nc1cccc(N2CCNCC2)c1O. The third-order valence-electron chi connectivity index (χ3n) is 2.50. The maximum atomic E-state index is 9.76. The molecule has 2 rings (SSSR count). The number of phenols is 1. The summed E-state index contributed by atoms with van der Waals surface area (Å²) in [5, 5.41) is 13.0. The van der Waals surface area contributed by atoms with Crippen LogP contribution in [0.4, 0.5) is 11.4 Å². The second kappa shape index (κ2) is 3.75. The van der Waals surface area contributed by atoms with E-state index in [0.29, 0.717) is 5.69 Å². The Balaban J connectivity index is 2.26. The first-order chi connectivity index (χ1) is 6.79. The number of benzene rings is 1. The number of para-hydroxylation sites is 1. The molecule has 1 heterocycles. The van der Waals surface area contributed by atoms with E-state index >= 15 is 0 Å². The quantitative estimate of drug-likeness (QED) is 0.446. The topological polar surface area (TPSA) is 61.5 Å². The number of aromatic hydroxyl groups is 1. The highest BCUT2D eigenvalue weighted by Crippen LogP contribution is 2.32. The molecule has 0 amide bonds. The predicted octanol–water partition coefficient (Wildman–Crippen LogP) is 0.384. The van der Waals surface area contributed by atoms with Gasteiger partial charge in [0.1, 0.15) is 0 Å². The fourth-order valence-electron chi connectivity index (χ4n) is 1.71. The van der Waals surface area contributed by atoms with Gasteiger partial charge in [-0.3, -0.25) is 0 Å². The van der Waals surface area contributed by atoms with E-state index in [1.54, 1.807) is 6.07 Å². The number of hydrogen-bond donors (Lipinski definition) is 3. The molecule has 4 heteroatoms. The van der Waals surface area contributed by atoms with Crippen molar-refractivity contribution in [3.8, 4) is 5.75 Å². The molecule has 4 nitrogen and oxygen atoms in total. The molecule has 1 aromatic rings. The van der Waals surface area contributed by atoms with Crippen LogP contribution in [0.25, 0.3) is 0 Å². The normalized spacial score (nSPS) is 17.0. The summed E-state index contributed by atoms with van der Waals surface area (Å²) in [4.78, 5) is 2.14. The zero-order chi connectivity index (χ0) is 9.97. The molecule has 0 atom stereocenters. The molecule has 0 aromatic heterocycles. The molecule has 0 aliphatic carbocycles. The van der Waals surface area contributed by atoms with Crippen molar-refractivity contribution in [2.45, 2.75) is 0 Å². The number of phenolic OH excluding ortho intramolecular Hbond substituents is 1. The molecule has 1 aromatic carbocycles. The number of nitrogens with one attached hydrogen (secondary N) is 1. The van der Waals surface area contributed by atoms with E-state index in [0.717, 1.165) is 31.9 Å². The van der Waals surface area contributed by atoms with E-state index in [9.17, 15) is 5.11 Å². The summed E-state index contributed by atoms with van der Waals surface area (Å²) in [6.45, 7) is 3.73. The molecule has 0 radical (unpaired) electrons. The Morgan fingerprint density at radius 2 is 2.00 bits per heavy atom. The van der Waals surface area contributed by atoms with Gasteiger partial charge in [-0.2, -0.15) is 0 Å². The summed E-state index contributed by atoms with van der Waals surface area (Å²) in [6, 6.07) is 5.48. The number of rotatable bonds is 1. The van der Waals surface area contributed by atoms with E-state index in [1.165, 1.54) is 0 Å². The molecule has 0 bridgehead atoms. The van der Waals surface area contributed by atoms with Gasteiger partial charge in [0.05, 0.1) is 11.4 Å². The van der Waals surface area contributed by atoms with Crippen LogP contribution in [-0.4, -0.2) is 31.3 Å². The summed E-state index contributed by atoms with van der Waals surface area (Å²) in [5.74, 6) is 0.203. The second-order valence-corrected chi connectivity index (χ2v) is 3.45. The summed E-state index contributed by atoms with van der Waals surface area (Å²) < 4.78 is 0. The first-order valence-electron chi connectivity index (χ1n) is 4.82. The summed E-state index contributed by atoms with van der Waals surface area (Å²) >= 11 is 0. The molecule has 1 saturated heterocycles. The van der Waals surface area contributed by atoms with Crippen LogP contribution in [0.1, 0.15) is 0 Å². The number of piperazine rings is 1. The minimum atomic E-state index is 0.203. The molecule has 0 unspecified atom stereocenters. The first kappa shape index (κ1) is 9.15. The molecule has 1 fully saturated rings. The Hall–Kier alpha value is -1.42. The second-order valence-electron chi connectivity index (χ2n) is 3.45. The Morgan fingerprint density at radius 1 is 1.29 bits per heavy atom. The molecule has 0 saturated carbocycles. The van der Waals surface area contributed by atoms with Crippen LogP contribution in [0.2, 0.25) is 0 Å². The van der Waals surface area contributed by atoms with Gasteiger partial charge in [0.15, 0.2) is 5.75 Å². The van der Waals surface area contributed by atoms with Crippen LogP contribution in [0, 0.1) is 0 Å². The lowest BCUT2D eigenvalue weighted by Crippen LogP contribution is -2.43. The average Bonchev–Trinajstić information content (AvgIpc) is 2.23. The van der Waals surface area contributed by atoms with Gasteiger partial charge in [0.25, 0.3) is 0 Å². The van der Waals surface area contributed by atoms with E-state index in [-0.39, 0.29) is 5.75 Å². The van der Waals surface area contributed by atoms with Gasteiger partial charge in [-0.25, -0.2) is 0 Å². The van der Waals surface area contributed by atoms with Crippen molar-refractivity contribution < 1.29 is 5.11 Å². The Bertz CT molecular complexity index is 321. The molecule has 76 valence electrons. The lowest BCUT2D eigenvalue weighted by molar-refractivity contribution is 0.473. The van der Waals surface area contributed by atoms with E-state index in [2.05, 4.69) is 10.2 Å². The van der Waals surface area contributed by atoms with E-state index in [4.69, 9.17) is 5.73 Å². The smallest absolute Gasteiger partial charge is 0.162 e. The molecule has 0 spiro atoms. The third-order valence-corrected chi connectivity index (χ3v) is 2.50. The fraction of sp³-hybridized carbons (Fsp3) is 0.400. The largest absolute Gasteiger partial charge is 0.504 e. The zero-order valence-electron chi connectivity index (χ0n) is 8.03. The van der Waals surface area contributed by atoms with Gasteiger partial charge in [-0.15, -0.1) is 0 Å². The van der Waals surface area contributed by atoms with Crippen molar-refractivity contribution in [3.63, 3.8) is 0 Å². The van der Waals surface area contributed by atoms with Crippen LogP contribution in [-0.2, 0) is 0 Å². The molecule has 14 heavy (non-hydrogen) atoms. The zero-order valence-corrected chi connectivity index (χ0v) is 8.03. The lowest BCUT2D eigenvalue weighted by atomic mass is 10.2. The van der Waals surface area contributed by atoms with Gasteiger partial charge in [-0.05, 0) is 12.1 Å². The molecule has 1 aliphatic rings. The fourth-order valence-corrected chi connectivity index (χ4v) is 1.71. The molecule has 4 N–H and O–H groups in total. The standard InChI is InChI=1S/C10H15N3O/c11-8-2-1-3-9(10(8)14)13-6-4-12-5-7-13/h1-3,12,14H,4-7,11H2. The minimum absolute atomic E-state index is 0.203. The molecular formula is C10H15N3O. The predicted molar refractivity (Wildman–Crippen MR) is 57.6 cm³/mol. The summed E-state index contributed by atoms with van der Waals surface area (Å²) in [7, 11) is 0. The summed E-state index contributed by atoms with van der Waals surface area (Å²) in [6.07, 6.45) is 0. The number of nitrogens with two attached hydrogens (primary N) is 1. The van der Waals surface area contributed by atoms with Crippen molar-refractivity contribution in [1.82, 2.24) is 5.32 Å². The first-order valence-corrected chi connectivity index (χ1v) is 4.82. The molecular weight excluding hydrogens is 178 g/mol. The van der Waals surface area contributed by atoms with Crippen molar-refractivity contribution in [3.05, 3.63) is 18.2 Å². The van der Waals surface area contributed by atoms with Crippen LogP contribution in [0.3, 0.4) is 0 Å². The highest BCUT2D eigenvalue weighted by molar-refractivity contribution is 5.69. The monoisotopic (exact) mass is 193 g/mol. The third kappa shape index (κ3) is 1.61. The highest BCUT2D eigenvalue weighted by Gasteiger charge is 2.14. The van der Waals surface area contributed by atoms with E-state index in [1.807, 2.05) is 12.1 Å². The van der Waals surface area contributed by atoms with Crippen LogP contribution < -0.4 is 16.0 Å². The Morgan fingerprint density at radius 3 is 2.71 bits per heavy atom. The van der Waals surface area contributed by atoms with Crippen LogP contribution >= 0.6 is 0 Å². The van der Waals surface area contributed by atoms with Gasteiger partial charge in [-0.1, -0.05) is 6.07 Å². The molecule has 1 aliphatic heterocycles. The summed E-state index contributed by atoms with van der Waals surface area (Å²) in [5.41, 5.74) is 6.92.